The Hall–Kier alpha value is -3.14. The SMILES string of the molecule is O=C(C=Cc1ccccc1)Nc1ccn(Cc2ccccc2)n1. The van der Waals surface area contributed by atoms with Crippen LogP contribution < -0.4 is 5.32 Å². The summed E-state index contributed by atoms with van der Waals surface area (Å²) in [6.45, 7) is 0.677. The first-order chi connectivity index (χ1) is 11.3. The molecule has 0 radical (unpaired) electrons. The van der Waals surface area contributed by atoms with Crippen molar-refractivity contribution in [1.29, 1.82) is 0 Å². The molecule has 0 aliphatic rings. The van der Waals surface area contributed by atoms with Crippen molar-refractivity contribution < 1.29 is 4.79 Å². The fourth-order valence-corrected chi connectivity index (χ4v) is 2.19. The lowest BCUT2D eigenvalue weighted by Gasteiger charge is -2.01. The molecule has 0 unspecified atom stereocenters. The number of carbonyl (C=O) groups is 1. The maximum Gasteiger partial charge on any atom is 0.249 e. The Morgan fingerprint density at radius 1 is 1.00 bits per heavy atom. The van der Waals surface area contributed by atoms with Crippen LogP contribution in [-0.4, -0.2) is 15.7 Å². The molecule has 0 saturated heterocycles. The summed E-state index contributed by atoms with van der Waals surface area (Å²) in [6.07, 6.45) is 5.13. The quantitative estimate of drug-likeness (QED) is 0.732. The predicted molar refractivity (Wildman–Crippen MR) is 91.9 cm³/mol. The summed E-state index contributed by atoms with van der Waals surface area (Å²) in [5.74, 6) is 0.349. The van der Waals surface area contributed by atoms with Crippen LogP contribution in [0.4, 0.5) is 5.82 Å². The summed E-state index contributed by atoms with van der Waals surface area (Å²) in [6, 6.07) is 21.5. The van der Waals surface area contributed by atoms with Crippen molar-refractivity contribution in [2.24, 2.45) is 0 Å². The van der Waals surface area contributed by atoms with Crippen LogP contribution in [0.15, 0.2) is 79.0 Å². The van der Waals surface area contributed by atoms with Gasteiger partial charge in [0.05, 0.1) is 6.54 Å². The molecule has 0 aliphatic heterocycles. The average molecular weight is 303 g/mol. The number of hydrogen-bond donors (Lipinski definition) is 1. The number of rotatable bonds is 5. The minimum absolute atomic E-state index is 0.196. The fourth-order valence-electron chi connectivity index (χ4n) is 2.19. The number of nitrogens with one attached hydrogen (secondary N) is 1. The lowest BCUT2D eigenvalue weighted by Crippen LogP contribution is -2.09. The normalized spacial score (nSPS) is 10.8. The highest BCUT2D eigenvalue weighted by molar-refractivity contribution is 6.01. The van der Waals surface area contributed by atoms with E-state index >= 15 is 0 Å². The van der Waals surface area contributed by atoms with Crippen molar-refractivity contribution in [2.45, 2.75) is 6.54 Å². The predicted octanol–water partition coefficient (Wildman–Crippen LogP) is 3.58. The highest BCUT2D eigenvalue weighted by atomic mass is 16.1. The summed E-state index contributed by atoms with van der Waals surface area (Å²) < 4.78 is 1.80. The molecule has 0 aliphatic carbocycles. The summed E-state index contributed by atoms with van der Waals surface area (Å²) in [7, 11) is 0. The molecule has 114 valence electrons. The van der Waals surface area contributed by atoms with E-state index in [9.17, 15) is 4.79 Å². The van der Waals surface area contributed by atoms with E-state index < -0.39 is 0 Å². The molecular formula is C19H17N3O. The van der Waals surface area contributed by atoms with E-state index in [1.807, 2.05) is 66.9 Å². The first-order valence-electron chi connectivity index (χ1n) is 7.41. The Kier molecular flexibility index (Phi) is 4.64. The van der Waals surface area contributed by atoms with E-state index in [0.29, 0.717) is 12.4 Å². The molecule has 0 atom stereocenters. The molecule has 3 rings (SSSR count). The zero-order chi connectivity index (χ0) is 15.9. The minimum Gasteiger partial charge on any atom is -0.306 e. The van der Waals surface area contributed by atoms with Crippen molar-refractivity contribution in [3.8, 4) is 0 Å². The average Bonchev–Trinajstić information content (AvgIpc) is 3.02. The standard InChI is InChI=1S/C19H17N3O/c23-19(12-11-16-7-3-1-4-8-16)20-18-13-14-22(21-18)15-17-9-5-2-6-10-17/h1-14H,15H2,(H,20,21,23). The van der Waals surface area contributed by atoms with Gasteiger partial charge < -0.3 is 5.32 Å². The second-order valence-electron chi connectivity index (χ2n) is 5.12. The molecule has 1 aromatic heterocycles. The van der Waals surface area contributed by atoms with Crippen molar-refractivity contribution in [2.75, 3.05) is 5.32 Å². The number of aromatic nitrogens is 2. The fraction of sp³-hybridized carbons (Fsp3) is 0.0526. The van der Waals surface area contributed by atoms with E-state index in [1.54, 1.807) is 16.8 Å². The molecule has 0 fully saturated rings. The van der Waals surface area contributed by atoms with Crippen LogP contribution in [0.1, 0.15) is 11.1 Å². The molecule has 4 heteroatoms. The van der Waals surface area contributed by atoms with Crippen LogP contribution >= 0.6 is 0 Å². The Bertz CT molecular complexity index is 792. The van der Waals surface area contributed by atoms with Crippen molar-refractivity contribution in [1.82, 2.24) is 9.78 Å². The summed E-state index contributed by atoms with van der Waals surface area (Å²) >= 11 is 0. The Morgan fingerprint density at radius 2 is 1.70 bits per heavy atom. The second-order valence-corrected chi connectivity index (χ2v) is 5.12. The third-order valence-corrected chi connectivity index (χ3v) is 3.31. The van der Waals surface area contributed by atoms with Gasteiger partial charge in [-0.1, -0.05) is 60.7 Å². The van der Waals surface area contributed by atoms with Crippen molar-refractivity contribution in [3.63, 3.8) is 0 Å². The van der Waals surface area contributed by atoms with Gasteiger partial charge in [0.2, 0.25) is 5.91 Å². The first kappa shape index (κ1) is 14.8. The number of hydrogen-bond acceptors (Lipinski definition) is 2. The van der Waals surface area contributed by atoms with E-state index in [1.165, 1.54) is 6.08 Å². The lowest BCUT2D eigenvalue weighted by atomic mass is 10.2. The van der Waals surface area contributed by atoms with Crippen LogP contribution in [-0.2, 0) is 11.3 Å². The van der Waals surface area contributed by atoms with E-state index in [-0.39, 0.29) is 5.91 Å². The maximum absolute atomic E-state index is 11.9. The van der Waals surface area contributed by atoms with Crippen LogP contribution in [0.25, 0.3) is 6.08 Å². The van der Waals surface area contributed by atoms with Crippen LogP contribution in [0.2, 0.25) is 0 Å². The molecule has 1 amide bonds. The topological polar surface area (TPSA) is 46.9 Å². The zero-order valence-electron chi connectivity index (χ0n) is 12.6. The van der Waals surface area contributed by atoms with Gasteiger partial charge in [-0.05, 0) is 17.2 Å². The molecule has 23 heavy (non-hydrogen) atoms. The molecule has 0 bridgehead atoms. The van der Waals surface area contributed by atoms with Gasteiger partial charge in [0.25, 0.3) is 0 Å². The van der Waals surface area contributed by atoms with E-state index in [2.05, 4.69) is 10.4 Å². The Morgan fingerprint density at radius 3 is 2.43 bits per heavy atom. The lowest BCUT2D eigenvalue weighted by molar-refractivity contribution is -0.111. The van der Waals surface area contributed by atoms with Gasteiger partial charge >= 0.3 is 0 Å². The number of carbonyl (C=O) groups excluding carboxylic acids is 1. The maximum atomic E-state index is 11.9. The number of amides is 1. The third-order valence-electron chi connectivity index (χ3n) is 3.31. The van der Waals surface area contributed by atoms with Gasteiger partial charge in [0.1, 0.15) is 0 Å². The Balaban J connectivity index is 1.58. The number of nitrogens with zero attached hydrogens (tertiary/aromatic N) is 2. The highest BCUT2D eigenvalue weighted by Gasteiger charge is 2.02. The zero-order valence-corrected chi connectivity index (χ0v) is 12.6. The summed E-state index contributed by atoms with van der Waals surface area (Å²) in [4.78, 5) is 11.9. The largest absolute Gasteiger partial charge is 0.306 e. The van der Waals surface area contributed by atoms with Gasteiger partial charge in [-0.15, -0.1) is 0 Å². The minimum atomic E-state index is -0.196. The summed E-state index contributed by atoms with van der Waals surface area (Å²) in [5.41, 5.74) is 2.15. The van der Waals surface area contributed by atoms with Crippen molar-refractivity contribution >= 4 is 17.8 Å². The molecule has 0 saturated carbocycles. The highest BCUT2D eigenvalue weighted by Crippen LogP contribution is 2.07. The monoisotopic (exact) mass is 303 g/mol. The molecular weight excluding hydrogens is 286 g/mol. The smallest absolute Gasteiger partial charge is 0.249 e. The number of anilines is 1. The van der Waals surface area contributed by atoms with Gasteiger partial charge in [0.15, 0.2) is 5.82 Å². The second kappa shape index (κ2) is 7.22. The molecule has 0 spiro atoms. The van der Waals surface area contributed by atoms with Crippen LogP contribution in [0.5, 0.6) is 0 Å². The molecule has 1 heterocycles. The molecule has 1 N–H and O–H groups in total. The summed E-state index contributed by atoms with van der Waals surface area (Å²) in [5, 5.41) is 7.11. The Labute approximate surface area is 135 Å². The van der Waals surface area contributed by atoms with Gasteiger partial charge in [0, 0.05) is 18.3 Å². The van der Waals surface area contributed by atoms with Gasteiger partial charge in [-0.2, -0.15) is 5.10 Å². The van der Waals surface area contributed by atoms with Gasteiger partial charge in [-0.25, -0.2) is 0 Å². The van der Waals surface area contributed by atoms with Crippen LogP contribution in [0, 0.1) is 0 Å². The van der Waals surface area contributed by atoms with E-state index in [4.69, 9.17) is 0 Å². The third kappa shape index (κ3) is 4.41. The van der Waals surface area contributed by atoms with E-state index in [0.717, 1.165) is 11.1 Å². The van der Waals surface area contributed by atoms with Crippen LogP contribution in [0.3, 0.4) is 0 Å². The molecule has 3 aromatic rings. The molecule has 4 nitrogen and oxygen atoms in total. The van der Waals surface area contributed by atoms with Gasteiger partial charge in [-0.3, -0.25) is 9.48 Å². The molecule has 2 aromatic carbocycles. The first-order valence-corrected chi connectivity index (χ1v) is 7.41. The number of benzene rings is 2. The van der Waals surface area contributed by atoms with Crippen molar-refractivity contribution in [3.05, 3.63) is 90.1 Å².